The number of aliphatic hydroxyl groups is 1. The zero-order chi connectivity index (χ0) is 18.7. The van der Waals surface area contributed by atoms with Gasteiger partial charge in [0.1, 0.15) is 5.82 Å². The summed E-state index contributed by atoms with van der Waals surface area (Å²) in [4.78, 5) is 28.1. The van der Waals surface area contributed by atoms with Gasteiger partial charge in [-0.3, -0.25) is 9.59 Å². The number of carbonyl (C=O) groups excluding carboxylic acids is 2. The average Bonchev–Trinajstić information content (AvgIpc) is 2.62. The number of likely N-dealkylation sites (tertiary alicyclic amines) is 2. The molecule has 26 heavy (non-hydrogen) atoms. The molecule has 5 nitrogen and oxygen atoms in total. The number of amides is 2. The van der Waals surface area contributed by atoms with Crippen molar-refractivity contribution in [3.63, 3.8) is 0 Å². The summed E-state index contributed by atoms with van der Waals surface area (Å²) < 4.78 is 13.7. The van der Waals surface area contributed by atoms with Crippen molar-refractivity contribution in [1.29, 1.82) is 0 Å². The second kappa shape index (κ2) is 7.74. The van der Waals surface area contributed by atoms with Crippen LogP contribution < -0.4 is 0 Å². The van der Waals surface area contributed by atoms with Crippen LogP contribution in [0.3, 0.4) is 0 Å². The third-order valence-electron chi connectivity index (χ3n) is 5.89. The van der Waals surface area contributed by atoms with Gasteiger partial charge in [-0.25, -0.2) is 4.39 Å². The highest BCUT2D eigenvalue weighted by Gasteiger charge is 2.41. The first-order valence-corrected chi connectivity index (χ1v) is 9.34. The fourth-order valence-electron chi connectivity index (χ4n) is 4.10. The first kappa shape index (κ1) is 18.8. The van der Waals surface area contributed by atoms with Crippen LogP contribution in [0.5, 0.6) is 0 Å². The van der Waals surface area contributed by atoms with Gasteiger partial charge < -0.3 is 14.9 Å². The number of nitrogens with zero attached hydrogens (tertiary/aromatic N) is 2. The highest BCUT2D eigenvalue weighted by molar-refractivity contribution is 5.79. The van der Waals surface area contributed by atoms with Gasteiger partial charge in [0.25, 0.3) is 0 Å². The number of benzene rings is 1. The van der Waals surface area contributed by atoms with Crippen molar-refractivity contribution in [2.45, 2.75) is 39.0 Å². The Kier molecular flexibility index (Phi) is 5.61. The Labute approximate surface area is 153 Å². The molecule has 0 aromatic heterocycles. The van der Waals surface area contributed by atoms with E-state index in [1.807, 2.05) is 4.90 Å². The number of carbonyl (C=O) groups is 2. The molecule has 2 aliphatic heterocycles. The van der Waals surface area contributed by atoms with Gasteiger partial charge in [0.05, 0.1) is 13.0 Å². The van der Waals surface area contributed by atoms with E-state index in [1.54, 1.807) is 24.0 Å². The van der Waals surface area contributed by atoms with E-state index in [-0.39, 0.29) is 36.1 Å². The third kappa shape index (κ3) is 4.06. The van der Waals surface area contributed by atoms with E-state index < -0.39 is 0 Å². The molecule has 1 N–H and O–H groups in total. The molecule has 1 spiro atoms. The van der Waals surface area contributed by atoms with E-state index in [9.17, 15) is 14.0 Å². The first-order chi connectivity index (χ1) is 12.4. The average molecular weight is 362 g/mol. The minimum absolute atomic E-state index is 0.0143. The number of halogens is 1. The Balaban J connectivity index is 1.56. The zero-order valence-corrected chi connectivity index (χ0v) is 15.3. The van der Waals surface area contributed by atoms with Crippen LogP contribution >= 0.6 is 0 Å². The molecule has 0 atom stereocenters. The largest absolute Gasteiger partial charge is 0.395 e. The lowest BCUT2D eigenvalue weighted by molar-refractivity contribution is -0.142. The van der Waals surface area contributed by atoms with Gasteiger partial charge in [-0.05, 0) is 48.8 Å². The van der Waals surface area contributed by atoms with Gasteiger partial charge in [0, 0.05) is 32.6 Å². The molecule has 0 radical (unpaired) electrons. The van der Waals surface area contributed by atoms with Crippen LogP contribution in [0, 0.1) is 18.2 Å². The zero-order valence-electron chi connectivity index (χ0n) is 15.3. The molecule has 2 fully saturated rings. The van der Waals surface area contributed by atoms with E-state index in [2.05, 4.69) is 0 Å². The van der Waals surface area contributed by atoms with Gasteiger partial charge >= 0.3 is 0 Å². The van der Waals surface area contributed by atoms with Gasteiger partial charge in [0.15, 0.2) is 0 Å². The van der Waals surface area contributed by atoms with E-state index in [0.29, 0.717) is 43.7 Å². The second-order valence-corrected chi connectivity index (χ2v) is 7.68. The van der Waals surface area contributed by atoms with Crippen molar-refractivity contribution < 1.29 is 19.1 Å². The van der Waals surface area contributed by atoms with Crippen molar-refractivity contribution in [2.75, 3.05) is 32.8 Å². The number of β-amino-alcohol motifs (C(OH)–C–C–N with tert-alkyl or cyclic N) is 1. The van der Waals surface area contributed by atoms with E-state index in [4.69, 9.17) is 5.11 Å². The van der Waals surface area contributed by atoms with Crippen LogP contribution in [-0.4, -0.2) is 59.5 Å². The summed E-state index contributed by atoms with van der Waals surface area (Å²) in [6.45, 7) is 4.11. The Hall–Kier alpha value is -1.95. The van der Waals surface area contributed by atoms with Crippen molar-refractivity contribution in [1.82, 2.24) is 9.80 Å². The third-order valence-corrected chi connectivity index (χ3v) is 5.89. The highest BCUT2D eigenvalue weighted by Crippen LogP contribution is 2.40. The number of rotatable bonds is 4. The Morgan fingerprint density at radius 3 is 2.65 bits per heavy atom. The van der Waals surface area contributed by atoms with Crippen molar-refractivity contribution >= 4 is 11.8 Å². The molecular formula is C20H27FN2O3. The van der Waals surface area contributed by atoms with Gasteiger partial charge in [-0.15, -0.1) is 0 Å². The first-order valence-electron chi connectivity index (χ1n) is 9.34. The van der Waals surface area contributed by atoms with Crippen molar-refractivity contribution in [3.8, 4) is 0 Å². The normalized spacial score (nSPS) is 19.9. The maximum absolute atomic E-state index is 13.7. The number of aliphatic hydroxyl groups excluding tert-OH is 1. The number of aryl methyl sites for hydroxylation is 1. The van der Waals surface area contributed by atoms with Gasteiger partial charge in [0.2, 0.25) is 11.8 Å². The molecule has 0 saturated carbocycles. The molecule has 142 valence electrons. The molecule has 3 rings (SSSR count). The minimum Gasteiger partial charge on any atom is -0.395 e. The molecule has 2 amide bonds. The lowest BCUT2D eigenvalue weighted by Gasteiger charge is -2.47. The van der Waals surface area contributed by atoms with Crippen molar-refractivity contribution in [3.05, 3.63) is 35.1 Å². The fraction of sp³-hybridized carbons (Fsp3) is 0.600. The maximum atomic E-state index is 13.7. The number of hydrogen-bond donors (Lipinski definition) is 1. The molecule has 0 unspecified atom stereocenters. The molecule has 2 aliphatic rings. The Bertz CT molecular complexity index is 684. The van der Waals surface area contributed by atoms with Crippen LogP contribution in [-0.2, 0) is 16.0 Å². The predicted octanol–water partition coefficient (Wildman–Crippen LogP) is 1.90. The Morgan fingerprint density at radius 1 is 1.27 bits per heavy atom. The minimum atomic E-state index is -0.274. The molecular weight excluding hydrogens is 335 g/mol. The van der Waals surface area contributed by atoms with Gasteiger partial charge in [-0.1, -0.05) is 12.1 Å². The smallest absolute Gasteiger partial charge is 0.226 e. The van der Waals surface area contributed by atoms with Crippen LogP contribution in [0.4, 0.5) is 4.39 Å². The molecule has 0 aliphatic carbocycles. The second-order valence-electron chi connectivity index (χ2n) is 7.68. The van der Waals surface area contributed by atoms with Gasteiger partial charge in [-0.2, -0.15) is 0 Å². The van der Waals surface area contributed by atoms with E-state index >= 15 is 0 Å². The monoisotopic (exact) mass is 362 g/mol. The number of piperidine rings is 2. The molecule has 2 heterocycles. The summed E-state index contributed by atoms with van der Waals surface area (Å²) in [6.07, 6.45) is 3.35. The molecule has 1 aromatic carbocycles. The molecule has 6 heteroatoms. The summed E-state index contributed by atoms with van der Waals surface area (Å²) >= 11 is 0. The summed E-state index contributed by atoms with van der Waals surface area (Å²) in [5.41, 5.74) is 1.35. The van der Waals surface area contributed by atoms with Crippen LogP contribution in [0.2, 0.25) is 0 Å². The predicted molar refractivity (Wildman–Crippen MR) is 96.0 cm³/mol. The molecule has 1 aromatic rings. The SMILES string of the molecule is Cc1ccc(CC(=O)N2CCC3(CCC(=O)N(CCO)C3)CC2)cc1F. The summed E-state index contributed by atoms with van der Waals surface area (Å²) in [5, 5.41) is 9.14. The number of hydrogen-bond acceptors (Lipinski definition) is 3. The maximum Gasteiger partial charge on any atom is 0.226 e. The van der Waals surface area contributed by atoms with Crippen LogP contribution in [0.25, 0.3) is 0 Å². The lowest BCUT2D eigenvalue weighted by Crippen LogP contribution is -2.53. The molecule has 2 saturated heterocycles. The molecule has 0 bridgehead atoms. The van der Waals surface area contributed by atoms with E-state index in [0.717, 1.165) is 19.3 Å². The Morgan fingerprint density at radius 2 is 2.00 bits per heavy atom. The van der Waals surface area contributed by atoms with Crippen LogP contribution in [0.1, 0.15) is 36.8 Å². The fourth-order valence-corrected chi connectivity index (χ4v) is 4.10. The topological polar surface area (TPSA) is 60.9 Å². The lowest BCUT2D eigenvalue weighted by atomic mass is 9.72. The standard InChI is InChI=1S/C20H27FN2O3/c1-15-2-3-16(12-17(15)21)13-19(26)22-8-6-20(7-9-22)5-4-18(25)23(14-20)10-11-24/h2-3,12,24H,4-11,13-14H2,1H3. The summed E-state index contributed by atoms with van der Waals surface area (Å²) in [6, 6.07) is 4.96. The highest BCUT2D eigenvalue weighted by atomic mass is 19.1. The van der Waals surface area contributed by atoms with Crippen LogP contribution in [0.15, 0.2) is 18.2 Å². The van der Waals surface area contributed by atoms with E-state index in [1.165, 1.54) is 6.07 Å². The van der Waals surface area contributed by atoms with Crippen molar-refractivity contribution in [2.24, 2.45) is 5.41 Å². The summed E-state index contributed by atoms with van der Waals surface area (Å²) in [7, 11) is 0. The summed E-state index contributed by atoms with van der Waals surface area (Å²) in [5.74, 6) is -0.129. The quantitative estimate of drug-likeness (QED) is 0.890.